The summed E-state index contributed by atoms with van der Waals surface area (Å²) in [5, 5.41) is 0. The fraction of sp³-hybridized carbons (Fsp3) is 0.500. The highest BCUT2D eigenvalue weighted by atomic mass is 16.5. The molecular weight excluding hydrogens is 192 g/mol. The van der Waals surface area contributed by atoms with Crippen LogP contribution in [0.2, 0.25) is 0 Å². The highest BCUT2D eigenvalue weighted by molar-refractivity contribution is 5.51. The third-order valence-corrected chi connectivity index (χ3v) is 2.20. The van der Waals surface area contributed by atoms with Crippen LogP contribution in [0.15, 0.2) is 18.2 Å². The molecule has 0 bridgehead atoms. The summed E-state index contributed by atoms with van der Waals surface area (Å²) >= 11 is 0. The van der Waals surface area contributed by atoms with Gasteiger partial charge in [-0.15, -0.1) is 0 Å². The molecule has 3 heteroatoms. The fourth-order valence-electron chi connectivity index (χ4n) is 1.49. The highest BCUT2D eigenvalue weighted by Crippen LogP contribution is 2.38. The maximum Gasteiger partial charge on any atom is 0.203 e. The Morgan fingerprint density at radius 2 is 2.13 bits per heavy atom. The van der Waals surface area contributed by atoms with Crippen LogP contribution in [-0.2, 0) is 0 Å². The number of rotatable bonds is 3. The van der Waals surface area contributed by atoms with Crippen LogP contribution in [0.3, 0.4) is 0 Å². The Hall–Kier alpha value is -1.38. The summed E-state index contributed by atoms with van der Waals surface area (Å²) in [4.78, 5) is 0. The van der Waals surface area contributed by atoms with Crippen molar-refractivity contribution in [2.45, 2.75) is 19.8 Å². The van der Waals surface area contributed by atoms with E-state index in [-0.39, 0.29) is 0 Å². The van der Waals surface area contributed by atoms with Gasteiger partial charge in [0.15, 0.2) is 11.5 Å². The lowest BCUT2D eigenvalue weighted by Gasteiger charge is -2.12. The van der Waals surface area contributed by atoms with E-state index in [1.807, 2.05) is 18.2 Å². The number of fused-ring (bicyclic) bond motifs is 1. The third kappa shape index (κ3) is 2.35. The van der Waals surface area contributed by atoms with Crippen molar-refractivity contribution in [2.24, 2.45) is 0 Å². The standard InChI is InChI=1S/C12H16O3/c1-2-7-13-10-5-3-6-11-12(10)15-9-4-8-14-11/h3,5-6H,2,4,7-9H2,1H3. The van der Waals surface area contributed by atoms with Gasteiger partial charge in [0.2, 0.25) is 5.75 Å². The first-order chi connectivity index (χ1) is 7.42. The highest BCUT2D eigenvalue weighted by Gasteiger charge is 2.14. The molecule has 2 rings (SSSR count). The predicted molar refractivity (Wildman–Crippen MR) is 57.8 cm³/mol. The van der Waals surface area contributed by atoms with Crippen LogP contribution < -0.4 is 14.2 Å². The quantitative estimate of drug-likeness (QED) is 0.764. The van der Waals surface area contributed by atoms with Gasteiger partial charge in [0, 0.05) is 6.42 Å². The van der Waals surface area contributed by atoms with Gasteiger partial charge in [-0.2, -0.15) is 0 Å². The molecule has 1 aromatic carbocycles. The molecule has 0 amide bonds. The second-order valence-corrected chi connectivity index (χ2v) is 3.48. The molecule has 0 saturated carbocycles. The first-order valence-electron chi connectivity index (χ1n) is 5.43. The summed E-state index contributed by atoms with van der Waals surface area (Å²) in [6.07, 6.45) is 1.91. The van der Waals surface area contributed by atoms with Gasteiger partial charge < -0.3 is 14.2 Å². The molecule has 82 valence electrons. The molecule has 1 aromatic rings. The molecule has 15 heavy (non-hydrogen) atoms. The number of hydrogen-bond donors (Lipinski definition) is 0. The van der Waals surface area contributed by atoms with Crippen LogP contribution in [0, 0.1) is 0 Å². The molecule has 0 aliphatic carbocycles. The van der Waals surface area contributed by atoms with Gasteiger partial charge >= 0.3 is 0 Å². The molecule has 1 aliphatic rings. The van der Waals surface area contributed by atoms with Crippen LogP contribution in [-0.4, -0.2) is 19.8 Å². The van der Waals surface area contributed by atoms with Gasteiger partial charge in [-0.25, -0.2) is 0 Å². The average Bonchev–Trinajstić information content (AvgIpc) is 2.51. The van der Waals surface area contributed by atoms with E-state index in [0.29, 0.717) is 19.8 Å². The molecule has 0 spiro atoms. The largest absolute Gasteiger partial charge is 0.490 e. The predicted octanol–water partition coefficient (Wildman–Crippen LogP) is 2.64. The molecule has 0 radical (unpaired) electrons. The average molecular weight is 208 g/mol. The van der Waals surface area contributed by atoms with Crippen molar-refractivity contribution in [3.8, 4) is 17.2 Å². The Bertz CT molecular complexity index is 323. The summed E-state index contributed by atoms with van der Waals surface area (Å²) in [6, 6.07) is 5.77. The summed E-state index contributed by atoms with van der Waals surface area (Å²) in [6.45, 7) is 4.20. The SMILES string of the molecule is CCCOc1cccc2c1OCCCO2. The maximum atomic E-state index is 5.63. The Labute approximate surface area is 90.0 Å². The molecule has 0 atom stereocenters. The molecular formula is C12H16O3. The lowest BCUT2D eigenvalue weighted by atomic mass is 10.3. The van der Waals surface area contributed by atoms with E-state index in [0.717, 1.165) is 30.1 Å². The molecule has 0 N–H and O–H groups in total. The summed E-state index contributed by atoms with van der Waals surface area (Å²) in [5.74, 6) is 2.33. The summed E-state index contributed by atoms with van der Waals surface area (Å²) in [5.41, 5.74) is 0. The topological polar surface area (TPSA) is 27.7 Å². The van der Waals surface area contributed by atoms with E-state index in [1.54, 1.807) is 0 Å². The molecule has 0 aromatic heterocycles. The van der Waals surface area contributed by atoms with Crippen molar-refractivity contribution in [3.63, 3.8) is 0 Å². The fourth-order valence-corrected chi connectivity index (χ4v) is 1.49. The zero-order valence-corrected chi connectivity index (χ0v) is 8.99. The normalized spacial score (nSPS) is 14.5. The third-order valence-electron chi connectivity index (χ3n) is 2.20. The second kappa shape index (κ2) is 4.91. The van der Waals surface area contributed by atoms with E-state index in [4.69, 9.17) is 14.2 Å². The van der Waals surface area contributed by atoms with Gasteiger partial charge in [0.25, 0.3) is 0 Å². The minimum absolute atomic E-state index is 0.694. The van der Waals surface area contributed by atoms with Crippen molar-refractivity contribution < 1.29 is 14.2 Å². The Kier molecular flexibility index (Phi) is 3.33. The molecule has 0 unspecified atom stereocenters. The Morgan fingerprint density at radius 1 is 1.27 bits per heavy atom. The first kappa shape index (κ1) is 10.1. The lowest BCUT2D eigenvalue weighted by Crippen LogP contribution is -2.00. The Morgan fingerprint density at radius 3 is 3.00 bits per heavy atom. The summed E-state index contributed by atoms with van der Waals surface area (Å²) in [7, 11) is 0. The van der Waals surface area contributed by atoms with Crippen molar-refractivity contribution >= 4 is 0 Å². The van der Waals surface area contributed by atoms with Gasteiger partial charge in [-0.1, -0.05) is 13.0 Å². The van der Waals surface area contributed by atoms with E-state index in [9.17, 15) is 0 Å². The monoisotopic (exact) mass is 208 g/mol. The van der Waals surface area contributed by atoms with Crippen molar-refractivity contribution in [2.75, 3.05) is 19.8 Å². The first-order valence-corrected chi connectivity index (χ1v) is 5.43. The smallest absolute Gasteiger partial charge is 0.203 e. The molecule has 0 fully saturated rings. The number of hydrogen-bond acceptors (Lipinski definition) is 3. The van der Waals surface area contributed by atoms with Gasteiger partial charge in [-0.3, -0.25) is 0 Å². The zero-order chi connectivity index (χ0) is 10.5. The van der Waals surface area contributed by atoms with E-state index in [2.05, 4.69) is 6.92 Å². The molecule has 3 nitrogen and oxygen atoms in total. The lowest BCUT2D eigenvalue weighted by molar-refractivity contribution is 0.270. The van der Waals surface area contributed by atoms with E-state index >= 15 is 0 Å². The second-order valence-electron chi connectivity index (χ2n) is 3.48. The van der Waals surface area contributed by atoms with E-state index in [1.165, 1.54) is 0 Å². The molecule has 1 aliphatic heterocycles. The van der Waals surface area contributed by atoms with Crippen LogP contribution in [0.1, 0.15) is 19.8 Å². The van der Waals surface area contributed by atoms with Gasteiger partial charge in [-0.05, 0) is 18.6 Å². The Balaban J connectivity index is 2.22. The van der Waals surface area contributed by atoms with Crippen molar-refractivity contribution in [1.82, 2.24) is 0 Å². The minimum Gasteiger partial charge on any atom is -0.490 e. The van der Waals surface area contributed by atoms with Crippen LogP contribution in [0.5, 0.6) is 17.2 Å². The zero-order valence-electron chi connectivity index (χ0n) is 8.99. The number of ether oxygens (including phenoxy) is 3. The van der Waals surface area contributed by atoms with Crippen LogP contribution in [0.25, 0.3) is 0 Å². The summed E-state index contributed by atoms with van der Waals surface area (Å²) < 4.78 is 16.8. The van der Waals surface area contributed by atoms with E-state index < -0.39 is 0 Å². The van der Waals surface area contributed by atoms with Crippen LogP contribution in [0.4, 0.5) is 0 Å². The minimum atomic E-state index is 0.694. The van der Waals surface area contributed by atoms with Crippen LogP contribution >= 0.6 is 0 Å². The number of para-hydroxylation sites is 1. The molecule has 0 saturated heterocycles. The number of benzene rings is 1. The van der Waals surface area contributed by atoms with Gasteiger partial charge in [0.1, 0.15) is 0 Å². The van der Waals surface area contributed by atoms with Crippen molar-refractivity contribution in [1.29, 1.82) is 0 Å². The maximum absolute atomic E-state index is 5.63. The molecule has 1 heterocycles. The van der Waals surface area contributed by atoms with Crippen molar-refractivity contribution in [3.05, 3.63) is 18.2 Å². The van der Waals surface area contributed by atoms with Gasteiger partial charge in [0.05, 0.1) is 19.8 Å².